The third-order valence-corrected chi connectivity index (χ3v) is 2.54. The first-order chi connectivity index (χ1) is 7.45. The molecule has 1 aromatic carbocycles. The zero-order valence-electron chi connectivity index (χ0n) is 9.21. The Kier molecular flexibility index (Phi) is 3.96. The van der Waals surface area contributed by atoms with E-state index >= 15 is 0 Å². The third kappa shape index (κ3) is 2.76. The molecule has 86 valence electrons. The molecular formula is C12H13ClO3. The Bertz CT molecular complexity index is 438. The van der Waals surface area contributed by atoms with E-state index in [0.717, 1.165) is 11.1 Å². The Labute approximate surface area is 99.3 Å². The number of methoxy groups -OCH3 is 1. The fraction of sp³-hybridized carbons (Fsp3) is 0.250. The molecule has 0 atom stereocenters. The monoisotopic (exact) mass is 240 g/mol. The second-order valence-electron chi connectivity index (χ2n) is 3.48. The van der Waals surface area contributed by atoms with Crippen molar-refractivity contribution < 1.29 is 14.6 Å². The molecule has 0 aliphatic heterocycles. The van der Waals surface area contributed by atoms with Gasteiger partial charge in [0.25, 0.3) is 0 Å². The van der Waals surface area contributed by atoms with Crippen molar-refractivity contribution in [2.45, 2.75) is 13.3 Å². The van der Waals surface area contributed by atoms with Crippen LogP contribution in [0.2, 0.25) is 5.02 Å². The molecule has 1 rings (SSSR count). The number of hydrogen-bond donors (Lipinski definition) is 1. The second-order valence-corrected chi connectivity index (χ2v) is 3.88. The lowest BCUT2D eigenvalue weighted by Gasteiger charge is -2.11. The van der Waals surface area contributed by atoms with Crippen LogP contribution in [0.5, 0.6) is 5.75 Å². The SMILES string of the molecule is C=C(CC(=O)O)c1cc(Cl)c(OC)cc1C. The van der Waals surface area contributed by atoms with Crippen molar-refractivity contribution in [1.29, 1.82) is 0 Å². The van der Waals surface area contributed by atoms with Crippen LogP contribution in [0.25, 0.3) is 5.57 Å². The van der Waals surface area contributed by atoms with Crippen LogP contribution in [0.15, 0.2) is 18.7 Å². The summed E-state index contributed by atoms with van der Waals surface area (Å²) in [5.74, 6) is -0.331. The van der Waals surface area contributed by atoms with Gasteiger partial charge >= 0.3 is 5.97 Å². The summed E-state index contributed by atoms with van der Waals surface area (Å²) in [4.78, 5) is 10.6. The Morgan fingerprint density at radius 1 is 1.56 bits per heavy atom. The number of halogens is 1. The molecule has 1 N–H and O–H groups in total. The van der Waals surface area contributed by atoms with Crippen LogP contribution in [0, 0.1) is 6.92 Å². The van der Waals surface area contributed by atoms with Crippen LogP contribution in [0.1, 0.15) is 17.5 Å². The summed E-state index contributed by atoms with van der Waals surface area (Å²) >= 11 is 5.97. The highest BCUT2D eigenvalue weighted by Gasteiger charge is 2.11. The quantitative estimate of drug-likeness (QED) is 0.880. The number of aryl methyl sites for hydroxylation is 1. The van der Waals surface area contributed by atoms with E-state index in [0.29, 0.717) is 16.3 Å². The summed E-state index contributed by atoms with van der Waals surface area (Å²) in [6, 6.07) is 3.45. The van der Waals surface area contributed by atoms with Crippen LogP contribution >= 0.6 is 11.6 Å². The summed E-state index contributed by atoms with van der Waals surface area (Å²) < 4.78 is 5.06. The maximum Gasteiger partial charge on any atom is 0.307 e. The molecule has 0 heterocycles. The van der Waals surface area contributed by atoms with Crippen molar-refractivity contribution in [3.05, 3.63) is 34.9 Å². The van der Waals surface area contributed by atoms with E-state index in [-0.39, 0.29) is 6.42 Å². The van der Waals surface area contributed by atoms with Gasteiger partial charge in [-0.1, -0.05) is 18.2 Å². The molecule has 3 nitrogen and oxygen atoms in total. The minimum atomic E-state index is -0.906. The first kappa shape index (κ1) is 12.6. The molecule has 0 fully saturated rings. The van der Waals surface area contributed by atoms with Crippen molar-refractivity contribution in [3.8, 4) is 5.75 Å². The van der Waals surface area contributed by atoms with Crippen LogP contribution in [-0.2, 0) is 4.79 Å². The van der Waals surface area contributed by atoms with Crippen molar-refractivity contribution >= 4 is 23.1 Å². The van der Waals surface area contributed by atoms with Crippen molar-refractivity contribution in [1.82, 2.24) is 0 Å². The molecule has 0 radical (unpaired) electrons. The molecular weight excluding hydrogens is 228 g/mol. The first-order valence-corrected chi connectivity index (χ1v) is 5.07. The smallest absolute Gasteiger partial charge is 0.307 e. The lowest BCUT2D eigenvalue weighted by Crippen LogP contribution is -1.98. The fourth-order valence-electron chi connectivity index (χ4n) is 1.47. The number of aliphatic carboxylic acids is 1. The molecule has 0 saturated heterocycles. The van der Waals surface area contributed by atoms with Gasteiger partial charge in [0.05, 0.1) is 18.6 Å². The van der Waals surface area contributed by atoms with Gasteiger partial charge in [-0.2, -0.15) is 0 Å². The van der Waals surface area contributed by atoms with Gasteiger partial charge in [0.15, 0.2) is 0 Å². The maximum atomic E-state index is 10.6. The average molecular weight is 241 g/mol. The third-order valence-electron chi connectivity index (χ3n) is 2.24. The van der Waals surface area contributed by atoms with E-state index in [4.69, 9.17) is 21.4 Å². The van der Waals surface area contributed by atoms with Gasteiger partial charge in [-0.3, -0.25) is 4.79 Å². The summed E-state index contributed by atoms with van der Waals surface area (Å²) in [5.41, 5.74) is 2.19. The summed E-state index contributed by atoms with van der Waals surface area (Å²) in [7, 11) is 1.53. The molecule has 1 aromatic rings. The Morgan fingerprint density at radius 3 is 2.69 bits per heavy atom. The second kappa shape index (κ2) is 5.03. The van der Waals surface area contributed by atoms with E-state index in [9.17, 15) is 4.79 Å². The molecule has 0 saturated carbocycles. The summed E-state index contributed by atoms with van der Waals surface area (Å²) in [6.45, 7) is 5.60. The topological polar surface area (TPSA) is 46.5 Å². The molecule has 0 aliphatic carbocycles. The van der Waals surface area contributed by atoms with Gasteiger partial charge in [0.1, 0.15) is 5.75 Å². The van der Waals surface area contributed by atoms with Crippen LogP contribution < -0.4 is 4.74 Å². The van der Waals surface area contributed by atoms with Crippen LogP contribution in [-0.4, -0.2) is 18.2 Å². The number of carboxylic acids is 1. The Morgan fingerprint density at radius 2 is 2.19 bits per heavy atom. The van der Waals surface area contributed by atoms with Gasteiger partial charge in [0, 0.05) is 0 Å². The van der Waals surface area contributed by atoms with Crippen molar-refractivity contribution in [2.75, 3.05) is 7.11 Å². The highest BCUT2D eigenvalue weighted by atomic mass is 35.5. The number of carbonyl (C=O) groups is 1. The number of rotatable bonds is 4. The number of ether oxygens (including phenoxy) is 1. The zero-order chi connectivity index (χ0) is 12.3. The lowest BCUT2D eigenvalue weighted by molar-refractivity contribution is -0.135. The highest BCUT2D eigenvalue weighted by molar-refractivity contribution is 6.32. The van der Waals surface area contributed by atoms with Gasteiger partial charge in [0.2, 0.25) is 0 Å². The Balaban J connectivity index is 3.10. The number of hydrogen-bond acceptors (Lipinski definition) is 2. The Hall–Kier alpha value is -1.48. The molecule has 0 aliphatic rings. The first-order valence-electron chi connectivity index (χ1n) is 4.69. The maximum absolute atomic E-state index is 10.6. The zero-order valence-corrected chi connectivity index (χ0v) is 9.97. The highest BCUT2D eigenvalue weighted by Crippen LogP contribution is 2.31. The molecule has 0 bridgehead atoms. The van der Waals surface area contributed by atoms with Crippen molar-refractivity contribution in [2.24, 2.45) is 0 Å². The van der Waals surface area contributed by atoms with E-state index in [1.54, 1.807) is 12.1 Å². The fourth-order valence-corrected chi connectivity index (χ4v) is 1.71. The van der Waals surface area contributed by atoms with Crippen molar-refractivity contribution in [3.63, 3.8) is 0 Å². The van der Waals surface area contributed by atoms with E-state index < -0.39 is 5.97 Å². The minimum Gasteiger partial charge on any atom is -0.495 e. The number of benzene rings is 1. The van der Waals surface area contributed by atoms with Gasteiger partial charge in [-0.25, -0.2) is 0 Å². The lowest BCUT2D eigenvalue weighted by atomic mass is 9.99. The molecule has 0 spiro atoms. The minimum absolute atomic E-state index is 0.0938. The van der Waals surface area contributed by atoms with Gasteiger partial charge in [-0.05, 0) is 35.8 Å². The van der Waals surface area contributed by atoms with Crippen LogP contribution in [0.3, 0.4) is 0 Å². The average Bonchev–Trinajstić information content (AvgIpc) is 2.19. The molecule has 0 aromatic heterocycles. The molecule has 16 heavy (non-hydrogen) atoms. The predicted molar refractivity (Wildman–Crippen MR) is 64.0 cm³/mol. The molecule has 4 heteroatoms. The van der Waals surface area contributed by atoms with E-state index in [1.165, 1.54) is 7.11 Å². The summed E-state index contributed by atoms with van der Waals surface area (Å²) in [6.07, 6.45) is -0.0938. The van der Waals surface area contributed by atoms with E-state index in [2.05, 4.69) is 6.58 Å². The van der Waals surface area contributed by atoms with Gasteiger partial charge in [-0.15, -0.1) is 0 Å². The predicted octanol–water partition coefficient (Wildman–Crippen LogP) is 3.14. The molecule has 0 amide bonds. The van der Waals surface area contributed by atoms with E-state index in [1.807, 2.05) is 6.92 Å². The van der Waals surface area contributed by atoms with Crippen LogP contribution in [0.4, 0.5) is 0 Å². The van der Waals surface area contributed by atoms with Gasteiger partial charge < -0.3 is 9.84 Å². The standard InChI is InChI=1S/C12H13ClO3/c1-7-4-11(16-3)10(13)6-9(7)8(2)5-12(14)15/h4,6H,2,5H2,1,3H3,(H,14,15). The summed E-state index contributed by atoms with van der Waals surface area (Å²) in [5, 5.41) is 9.14. The molecule has 0 unspecified atom stereocenters. The number of carboxylic acid groups (broad SMARTS) is 1. The normalized spacial score (nSPS) is 9.94. The largest absolute Gasteiger partial charge is 0.495 e.